The Bertz CT molecular complexity index is 571. The quantitative estimate of drug-likeness (QED) is 0.790. The largest absolute Gasteiger partial charge is 0.398 e. The number of anilines is 2. The van der Waals surface area contributed by atoms with Crippen molar-refractivity contribution in [2.75, 3.05) is 11.1 Å². The van der Waals surface area contributed by atoms with Crippen LogP contribution in [0, 0.1) is 0 Å². The molecule has 0 bridgehead atoms. The van der Waals surface area contributed by atoms with E-state index in [1.165, 1.54) is 31.4 Å². The Morgan fingerprint density at radius 1 is 1.17 bits per heavy atom. The minimum Gasteiger partial charge on any atom is -0.398 e. The average molecular weight is 241 g/mol. The molecule has 0 radical (unpaired) electrons. The molecule has 1 saturated carbocycles. The molecule has 1 aromatic carbocycles. The second kappa shape index (κ2) is 4.16. The smallest absolute Gasteiger partial charge is 0.0426 e. The Hall–Kier alpha value is -1.77. The number of nitrogens with two attached hydrogens (primary N) is 1. The van der Waals surface area contributed by atoms with Gasteiger partial charge >= 0.3 is 0 Å². The van der Waals surface area contributed by atoms with Crippen LogP contribution in [0.15, 0.2) is 30.6 Å². The number of hydrogen-bond donors (Lipinski definition) is 2. The van der Waals surface area contributed by atoms with Crippen LogP contribution in [0.4, 0.5) is 11.4 Å². The van der Waals surface area contributed by atoms with Gasteiger partial charge in [-0.15, -0.1) is 0 Å². The van der Waals surface area contributed by atoms with Crippen LogP contribution >= 0.6 is 0 Å². The van der Waals surface area contributed by atoms with Gasteiger partial charge in [0.15, 0.2) is 0 Å². The molecule has 1 fully saturated rings. The Labute approximate surface area is 107 Å². The monoisotopic (exact) mass is 241 g/mol. The molecule has 1 aliphatic rings. The molecule has 1 heterocycles. The number of rotatable bonds is 2. The highest BCUT2D eigenvalue weighted by molar-refractivity contribution is 6.00. The summed E-state index contributed by atoms with van der Waals surface area (Å²) in [4.78, 5) is 4.16. The van der Waals surface area contributed by atoms with Crippen LogP contribution in [-0.2, 0) is 0 Å². The van der Waals surface area contributed by atoms with E-state index in [-0.39, 0.29) is 5.54 Å². The number of nitrogen functional groups attached to an aromatic ring is 1. The summed E-state index contributed by atoms with van der Waals surface area (Å²) in [5, 5.41) is 5.90. The van der Waals surface area contributed by atoms with E-state index >= 15 is 0 Å². The highest BCUT2D eigenvalue weighted by Crippen LogP contribution is 2.35. The third-order valence-electron chi connectivity index (χ3n) is 4.00. The number of nitrogens with zero attached hydrogens (tertiary/aromatic N) is 1. The van der Waals surface area contributed by atoms with Crippen LogP contribution in [0.1, 0.15) is 32.6 Å². The molecule has 0 unspecified atom stereocenters. The summed E-state index contributed by atoms with van der Waals surface area (Å²) in [7, 11) is 0. The Kier molecular flexibility index (Phi) is 2.62. The maximum absolute atomic E-state index is 6.00. The minimum absolute atomic E-state index is 0.228. The molecular weight excluding hydrogens is 222 g/mol. The molecule has 0 aliphatic heterocycles. The van der Waals surface area contributed by atoms with Crippen molar-refractivity contribution < 1.29 is 0 Å². The molecule has 0 atom stereocenters. The lowest BCUT2D eigenvalue weighted by molar-refractivity contribution is 0.534. The van der Waals surface area contributed by atoms with Gasteiger partial charge < -0.3 is 11.1 Å². The lowest BCUT2D eigenvalue weighted by Crippen LogP contribution is -2.30. The first-order valence-electron chi connectivity index (χ1n) is 6.58. The maximum Gasteiger partial charge on any atom is 0.0426 e. The molecule has 1 aliphatic carbocycles. The molecule has 18 heavy (non-hydrogen) atoms. The SMILES string of the molecule is CC1(Nc2ccc(N)c3cnccc23)CCCC1. The zero-order valence-corrected chi connectivity index (χ0v) is 10.7. The third kappa shape index (κ3) is 1.90. The van der Waals surface area contributed by atoms with Crippen molar-refractivity contribution in [3.05, 3.63) is 30.6 Å². The zero-order valence-electron chi connectivity index (χ0n) is 10.7. The number of nitrogens with one attached hydrogen (secondary N) is 1. The van der Waals surface area contributed by atoms with Gasteiger partial charge in [0.2, 0.25) is 0 Å². The van der Waals surface area contributed by atoms with E-state index in [0.717, 1.165) is 16.5 Å². The van der Waals surface area contributed by atoms with E-state index in [1.54, 1.807) is 0 Å². The first kappa shape index (κ1) is 11.3. The molecule has 2 aromatic rings. The molecule has 0 spiro atoms. The van der Waals surface area contributed by atoms with Gasteiger partial charge in [0.05, 0.1) is 0 Å². The molecule has 3 rings (SSSR count). The molecule has 94 valence electrons. The van der Waals surface area contributed by atoms with E-state index in [1.807, 2.05) is 24.5 Å². The van der Waals surface area contributed by atoms with E-state index in [9.17, 15) is 0 Å². The molecule has 0 amide bonds. The fourth-order valence-corrected chi connectivity index (χ4v) is 2.93. The van der Waals surface area contributed by atoms with Crippen molar-refractivity contribution in [1.29, 1.82) is 0 Å². The van der Waals surface area contributed by atoms with Gasteiger partial charge in [0, 0.05) is 40.1 Å². The van der Waals surface area contributed by atoms with Crippen LogP contribution in [-0.4, -0.2) is 10.5 Å². The first-order valence-corrected chi connectivity index (χ1v) is 6.58. The van der Waals surface area contributed by atoms with Crippen molar-refractivity contribution in [1.82, 2.24) is 4.98 Å². The molecule has 0 saturated heterocycles. The summed E-state index contributed by atoms with van der Waals surface area (Å²) in [6, 6.07) is 6.08. The summed E-state index contributed by atoms with van der Waals surface area (Å²) in [6.07, 6.45) is 8.78. The van der Waals surface area contributed by atoms with Crippen molar-refractivity contribution >= 4 is 22.1 Å². The van der Waals surface area contributed by atoms with Crippen LogP contribution in [0.25, 0.3) is 10.8 Å². The number of hydrogen-bond acceptors (Lipinski definition) is 3. The lowest BCUT2D eigenvalue weighted by atomic mass is 9.99. The third-order valence-corrected chi connectivity index (χ3v) is 4.00. The predicted octanol–water partition coefficient (Wildman–Crippen LogP) is 3.56. The number of fused-ring (bicyclic) bond motifs is 1. The Morgan fingerprint density at radius 2 is 1.94 bits per heavy atom. The van der Waals surface area contributed by atoms with E-state index in [2.05, 4.69) is 23.3 Å². The lowest BCUT2D eigenvalue weighted by Gasteiger charge is -2.27. The number of pyridine rings is 1. The standard InChI is InChI=1S/C15H19N3/c1-15(7-2-3-8-15)18-14-5-4-13(16)12-10-17-9-6-11(12)14/h4-6,9-10,18H,2-3,7-8,16H2,1H3. The van der Waals surface area contributed by atoms with Gasteiger partial charge in [-0.25, -0.2) is 0 Å². The number of aromatic nitrogens is 1. The summed E-state index contributed by atoms with van der Waals surface area (Å²) >= 11 is 0. The molecule has 3 heteroatoms. The zero-order chi connectivity index (χ0) is 12.6. The second-order valence-electron chi connectivity index (χ2n) is 5.52. The summed E-state index contributed by atoms with van der Waals surface area (Å²) in [5.41, 5.74) is 8.19. The van der Waals surface area contributed by atoms with E-state index < -0.39 is 0 Å². The molecular formula is C15H19N3. The summed E-state index contributed by atoms with van der Waals surface area (Å²) < 4.78 is 0. The van der Waals surface area contributed by atoms with Gasteiger partial charge in [0.25, 0.3) is 0 Å². The van der Waals surface area contributed by atoms with Crippen molar-refractivity contribution in [3.8, 4) is 0 Å². The molecule has 1 aromatic heterocycles. The van der Waals surface area contributed by atoms with Gasteiger partial charge in [-0.1, -0.05) is 12.8 Å². The minimum atomic E-state index is 0.228. The summed E-state index contributed by atoms with van der Waals surface area (Å²) in [6.45, 7) is 2.31. The number of benzene rings is 1. The predicted molar refractivity (Wildman–Crippen MR) is 76.7 cm³/mol. The molecule has 3 N–H and O–H groups in total. The van der Waals surface area contributed by atoms with Gasteiger partial charge in [-0.2, -0.15) is 0 Å². The van der Waals surface area contributed by atoms with Crippen molar-refractivity contribution in [2.24, 2.45) is 0 Å². The topological polar surface area (TPSA) is 50.9 Å². The normalized spacial score (nSPS) is 18.1. The van der Waals surface area contributed by atoms with Crippen LogP contribution in [0.2, 0.25) is 0 Å². The van der Waals surface area contributed by atoms with Crippen LogP contribution in [0.3, 0.4) is 0 Å². The average Bonchev–Trinajstić information content (AvgIpc) is 2.80. The first-order chi connectivity index (χ1) is 8.68. The maximum atomic E-state index is 6.00. The van der Waals surface area contributed by atoms with Crippen LogP contribution < -0.4 is 11.1 Å². The second-order valence-corrected chi connectivity index (χ2v) is 5.52. The van der Waals surface area contributed by atoms with Gasteiger partial charge in [-0.3, -0.25) is 4.98 Å². The van der Waals surface area contributed by atoms with Crippen molar-refractivity contribution in [3.63, 3.8) is 0 Å². The van der Waals surface area contributed by atoms with Gasteiger partial charge in [-0.05, 0) is 38.0 Å². The van der Waals surface area contributed by atoms with E-state index in [0.29, 0.717) is 0 Å². The Balaban J connectivity index is 2.04. The molecule has 3 nitrogen and oxygen atoms in total. The fraction of sp³-hybridized carbons (Fsp3) is 0.400. The van der Waals surface area contributed by atoms with Crippen molar-refractivity contribution in [2.45, 2.75) is 38.1 Å². The highest BCUT2D eigenvalue weighted by Gasteiger charge is 2.28. The Morgan fingerprint density at radius 3 is 2.72 bits per heavy atom. The van der Waals surface area contributed by atoms with E-state index in [4.69, 9.17) is 5.73 Å². The van der Waals surface area contributed by atoms with Gasteiger partial charge in [0.1, 0.15) is 0 Å². The fourth-order valence-electron chi connectivity index (χ4n) is 2.93. The van der Waals surface area contributed by atoms with Crippen LogP contribution in [0.5, 0.6) is 0 Å². The highest BCUT2D eigenvalue weighted by atomic mass is 15.0. The summed E-state index contributed by atoms with van der Waals surface area (Å²) in [5.74, 6) is 0.